The maximum atomic E-state index is 13.0. The molecule has 0 spiro atoms. The molecule has 1 aliphatic rings. The quantitative estimate of drug-likeness (QED) is 0.627. The zero-order valence-electron chi connectivity index (χ0n) is 17.7. The van der Waals surface area contributed by atoms with Gasteiger partial charge in [-0.1, -0.05) is 60.4 Å². The number of carbonyl (C=O) groups excluding carboxylic acids is 2. The third-order valence-corrected chi connectivity index (χ3v) is 7.06. The Morgan fingerprint density at radius 1 is 1.13 bits per heavy atom. The van der Waals surface area contributed by atoms with Gasteiger partial charge < -0.3 is 15.1 Å². The standard InChI is InChI=1S/C21H29N5O2S2/c1-4-17(16-8-6-5-7-9-16)19(28)25-10-12-26(13-11-25)20-23-24-21(30-20)29-14-18(27)22-15(2)3/h5-9,15,17H,4,10-14H2,1-3H3,(H,22,27)/t17-/m0/s1. The molecule has 0 bridgehead atoms. The first-order chi connectivity index (χ1) is 14.5. The van der Waals surface area contributed by atoms with Gasteiger partial charge in [-0.2, -0.15) is 0 Å². The van der Waals surface area contributed by atoms with Crippen molar-refractivity contribution in [1.82, 2.24) is 20.4 Å². The number of thioether (sulfide) groups is 1. The van der Waals surface area contributed by atoms with Gasteiger partial charge in [0.1, 0.15) is 0 Å². The van der Waals surface area contributed by atoms with Gasteiger partial charge in [0, 0.05) is 32.2 Å². The number of rotatable bonds is 8. The fraction of sp³-hybridized carbons (Fsp3) is 0.524. The van der Waals surface area contributed by atoms with Crippen LogP contribution in [0.15, 0.2) is 34.7 Å². The van der Waals surface area contributed by atoms with Gasteiger partial charge in [0.15, 0.2) is 4.34 Å². The van der Waals surface area contributed by atoms with Gasteiger partial charge in [-0.3, -0.25) is 9.59 Å². The number of carbonyl (C=O) groups is 2. The largest absolute Gasteiger partial charge is 0.353 e. The monoisotopic (exact) mass is 447 g/mol. The number of benzene rings is 1. The molecule has 9 heteroatoms. The SMILES string of the molecule is CC[C@H](C(=O)N1CCN(c2nnc(SCC(=O)NC(C)C)s2)CC1)c1ccccc1. The number of aromatic nitrogens is 2. The van der Waals surface area contributed by atoms with Crippen molar-refractivity contribution in [2.45, 2.75) is 43.5 Å². The van der Waals surface area contributed by atoms with Crippen LogP contribution < -0.4 is 10.2 Å². The van der Waals surface area contributed by atoms with Gasteiger partial charge in [0.2, 0.25) is 16.9 Å². The molecule has 0 aliphatic carbocycles. The molecule has 2 heterocycles. The van der Waals surface area contributed by atoms with Gasteiger partial charge in [-0.25, -0.2) is 0 Å². The number of nitrogens with one attached hydrogen (secondary N) is 1. The Balaban J connectivity index is 1.51. The topological polar surface area (TPSA) is 78.4 Å². The summed E-state index contributed by atoms with van der Waals surface area (Å²) >= 11 is 2.91. The van der Waals surface area contributed by atoms with Gasteiger partial charge >= 0.3 is 0 Å². The molecule has 1 atom stereocenters. The zero-order chi connectivity index (χ0) is 21.5. The highest BCUT2D eigenvalue weighted by molar-refractivity contribution is 8.01. The summed E-state index contributed by atoms with van der Waals surface area (Å²) in [6.45, 7) is 8.79. The summed E-state index contributed by atoms with van der Waals surface area (Å²) in [4.78, 5) is 29.0. The normalized spacial score (nSPS) is 15.3. The molecule has 2 aromatic rings. The molecule has 1 aromatic carbocycles. The Hall–Kier alpha value is -2.13. The summed E-state index contributed by atoms with van der Waals surface area (Å²) in [5, 5.41) is 12.2. The predicted molar refractivity (Wildman–Crippen MR) is 122 cm³/mol. The van der Waals surface area contributed by atoms with Crippen molar-refractivity contribution >= 4 is 40.0 Å². The van der Waals surface area contributed by atoms with Crippen molar-refractivity contribution in [3.8, 4) is 0 Å². The summed E-state index contributed by atoms with van der Waals surface area (Å²) in [5.74, 6) is 0.461. The van der Waals surface area contributed by atoms with E-state index in [0.717, 1.165) is 34.5 Å². The van der Waals surface area contributed by atoms with Gasteiger partial charge in [0.25, 0.3) is 0 Å². The van der Waals surface area contributed by atoms with Crippen LogP contribution in [0.25, 0.3) is 0 Å². The first kappa shape index (κ1) is 22.6. The number of piperazine rings is 1. The second-order valence-corrected chi connectivity index (χ2v) is 9.72. The molecule has 7 nitrogen and oxygen atoms in total. The molecule has 162 valence electrons. The van der Waals surface area contributed by atoms with E-state index in [1.54, 1.807) is 0 Å². The molecular formula is C21H29N5O2S2. The van der Waals surface area contributed by atoms with E-state index in [2.05, 4.69) is 27.3 Å². The molecule has 1 aromatic heterocycles. The van der Waals surface area contributed by atoms with Crippen LogP contribution in [0.2, 0.25) is 0 Å². The summed E-state index contributed by atoms with van der Waals surface area (Å²) in [7, 11) is 0. The van der Waals surface area contributed by atoms with E-state index in [-0.39, 0.29) is 23.8 Å². The fourth-order valence-corrected chi connectivity index (χ4v) is 5.16. The number of anilines is 1. The lowest BCUT2D eigenvalue weighted by atomic mass is 9.95. The number of hydrogen-bond acceptors (Lipinski definition) is 7. The molecule has 30 heavy (non-hydrogen) atoms. The van der Waals surface area contributed by atoms with E-state index in [9.17, 15) is 9.59 Å². The first-order valence-electron chi connectivity index (χ1n) is 10.3. The maximum absolute atomic E-state index is 13.0. The van der Waals surface area contributed by atoms with Crippen molar-refractivity contribution in [3.05, 3.63) is 35.9 Å². The summed E-state index contributed by atoms with van der Waals surface area (Å²) in [6.07, 6.45) is 0.796. The Bertz CT molecular complexity index is 835. The lowest BCUT2D eigenvalue weighted by molar-refractivity contribution is -0.133. The van der Waals surface area contributed by atoms with Crippen LogP contribution in [-0.4, -0.2) is 64.9 Å². The summed E-state index contributed by atoms with van der Waals surface area (Å²) in [5.41, 5.74) is 1.08. The van der Waals surface area contributed by atoms with E-state index in [0.29, 0.717) is 18.8 Å². The third kappa shape index (κ3) is 5.95. The Labute approximate surface area is 186 Å². The molecule has 1 N–H and O–H groups in total. The molecular weight excluding hydrogens is 418 g/mol. The number of amides is 2. The van der Waals surface area contributed by atoms with Crippen LogP contribution in [-0.2, 0) is 9.59 Å². The second kappa shape index (κ2) is 10.8. The lowest BCUT2D eigenvalue weighted by Gasteiger charge is -2.36. The molecule has 1 saturated heterocycles. The molecule has 0 unspecified atom stereocenters. The molecule has 2 amide bonds. The van der Waals surface area contributed by atoms with Crippen LogP contribution in [0.3, 0.4) is 0 Å². The fourth-order valence-electron chi connectivity index (χ4n) is 3.46. The van der Waals surface area contributed by atoms with Crippen LogP contribution in [0.4, 0.5) is 5.13 Å². The van der Waals surface area contributed by atoms with Gasteiger partial charge in [-0.05, 0) is 25.8 Å². The van der Waals surface area contributed by atoms with E-state index in [1.807, 2.05) is 49.1 Å². The van der Waals surface area contributed by atoms with Crippen LogP contribution in [0.5, 0.6) is 0 Å². The predicted octanol–water partition coefficient (Wildman–Crippen LogP) is 3.00. The molecule has 0 radical (unpaired) electrons. The minimum Gasteiger partial charge on any atom is -0.353 e. The van der Waals surface area contributed by atoms with Crippen molar-refractivity contribution in [1.29, 1.82) is 0 Å². The van der Waals surface area contributed by atoms with Crippen LogP contribution in [0, 0.1) is 0 Å². The van der Waals surface area contributed by atoms with Crippen LogP contribution in [0.1, 0.15) is 38.7 Å². The molecule has 3 rings (SSSR count). The number of hydrogen-bond donors (Lipinski definition) is 1. The van der Waals surface area contributed by atoms with Crippen molar-refractivity contribution < 1.29 is 9.59 Å². The average molecular weight is 448 g/mol. The lowest BCUT2D eigenvalue weighted by Crippen LogP contribution is -2.50. The van der Waals surface area contributed by atoms with Crippen molar-refractivity contribution in [2.24, 2.45) is 0 Å². The maximum Gasteiger partial charge on any atom is 0.230 e. The van der Waals surface area contributed by atoms with Gasteiger partial charge in [-0.15, -0.1) is 10.2 Å². The third-order valence-electron chi connectivity index (χ3n) is 4.94. The molecule has 1 aliphatic heterocycles. The van der Waals surface area contributed by atoms with Crippen LogP contribution >= 0.6 is 23.1 Å². The first-order valence-corrected chi connectivity index (χ1v) is 12.1. The Kier molecular flexibility index (Phi) is 8.09. The van der Waals surface area contributed by atoms with E-state index < -0.39 is 0 Å². The van der Waals surface area contributed by atoms with E-state index in [1.165, 1.54) is 23.1 Å². The summed E-state index contributed by atoms with van der Waals surface area (Å²) < 4.78 is 0.789. The highest BCUT2D eigenvalue weighted by Crippen LogP contribution is 2.29. The molecule has 1 fully saturated rings. The van der Waals surface area contributed by atoms with Crippen molar-refractivity contribution in [2.75, 3.05) is 36.8 Å². The zero-order valence-corrected chi connectivity index (χ0v) is 19.3. The van der Waals surface area contributed by atoms with E-state index in [4.69, 9.17) is 0 Å². The molecule has 0 saturated carbocycles. The smallest absolute Gasteiger partial charge is 0.230 e. The van der Waals surface area contributed by atoms with Gasteiger partial charge in [0.05, 0.1) is 11.7 Å². The minimum atomic E-state index is -0.0840. The van der Waals surface area contributed by atoms with E-state index >= 15 is 0 Å². The Morgan fingerprint density at radius 2 is 1.83 bits per heavy atom. The number of nitrogens with zero attached hydrogens (tertiary/aromatic N) is 4. The average Bonchev–Trinajstić information content (AvgIpc) is 3.22. The Morgan fingerprint density at radius 3 is 2.47 bits per heavy atom. The minimum absolute atomic E-state index is 0.00257. The highest BCUT2D eigenvalue weighted by Gasteiger charge is 2.28. The second-order valence-electron chi connectivity index (χ2n) is 7.55. The summed E-state index contributed by atoms with van der Waals surface area (Å²) in [6, 6.07) is 10.1. The highest BCUT2D eigenvalue weighted by atomic mass is 32.2. The van der Waals surface area contributed by atoms with Crippen molar-refractivity contribution in [3.63, 3.8) is 0 Å².